The average Bonchev–Trinajstić information content (AvgIpc) is 2.43. The molecule has 1 aliphatic carbocycles. The second-order valence-corrected chi connectivity index (χ2v) is 4.63. The van der Waals surface area contributed by atoms with Crippen LogP contribution in [0.4, 0.5) is 0 Å². The van der Waals surface area contributed by atoms with Gasteiger partial charge in [-0.25, -0.2) is 4.98 Å². The summed E-state index contributed by atoms with van der Waals surface area (Å²) in [4.78, 5) is 17.0. The summed E-state index contributed by atoms with van der Waals surface area (Å²) in [6, 6.07) is 4.12. The van der Waals surface area contributed by atoms with Gasteiger partial charge in [0.25, 0.3) is 5.56 Å². The van der Waals surface area contributed by atoms with Gasteiger partial charge in [0.1, 0.15) is 4.83 Å². The molecule has 1 aliphatic rings. The van der Waals surface area contributed by atoms with Crippen molar-refractivity contribution in [2.45, 2.75) is 25.3 Å². The van der Waals surface area contributed by atoms with E-state index in [9.17, 15) is 4.79 Å². The highest BCUT2D eigenvalue weighted by molar-refractivity contribution is 7.13. The summed E-state index contributed by atoms with van der Waals surface area (Å²) in [7, 11) is 0. The predicted molar refractivity (Wildman–Crippen MR) is 56.8 cm³/mol. The number of aromatic nitrogens is 2. The number of rotatable bonds is 1. The Hall–Kier alpha value is -1.16. The van der Waals surface area contributed by atoms with Gasteiger partial charge in [-0.3, -0.25) is 8.75 Å². The molecule has 3 nitrogen and oxygen atoms in total. The van der Waals surface area contributed by atoms with Crippen LogP contribution in [0.15, 0.2) is 23.1 Å². The van der Waals surface area contributed by atoms with E-state index in [0.29, 0.717) is 6.04 Å². The molecule has 0 unspecified atom stereocenters. The van der Waals surface area contributed by atoms with E-state index >= 15 is 0 Å². The third-order valence-corrected chi connectivity index (χ3v) is 3.95. The van der Waals surface area contributed by atoms with Crippen LogP contribution in [-0.2, 0) is 0 Å². The lowest BCUT2D eigenvalue weighted by molar-refractivity contribution is 0.327. The average molecular weight is 206 g/mol. The van der Waals surface area contributed by atoms with Crippen molar-refractivity contribution in [3.63, 3.8) is 0 Å². The number of hydrogen-bond acceptors (Lipinski definition) is 3. The molecule has 2 aromatic rings. The van der Waals surface area contributed by atoms with E-state index in [1.165, 1.54) is 18.0 Å². The molecule has 14 heavy (non-hydrogen) atoms. The van der Waals surface area contributed by atoms with Gasteiger partial charge in [-0.1, -0.05) is 0 Å². The highest BCUT2D eigenvalue weighted by Gasteiger charge is 2.23. The molecule has 0 saturated heterocycles. The van der Waals surface area contributed by atoms with Crippen LogP contribution < -0.4 is 5.56 Å². The van der Waals surface area contributed by atoms with Crippen LogP contribution in [0.25, 0.3) is 10.2 Å². The van der Waals surface area contributed by atoms with Crippen molar-refractivity contribution in [1.29, 1.82) is 0 Å². The van der Waals surface area contributed by atoms with Gasteiger partial charge < -0.3 is 0 Å². The first kappa shape index (κ1) is 8.17. The zero-order valence-corrected chi connectivity index (χ0v) is 8.46. The number of nitrogens with zero attached hydrogens (tertiary/aromatic N) is 2. The normalized spacial score (nSPS) is 17.1. The smallest absolute Gasteiger partial charge is 0.268 e. The lowest BCUT2D eigenvalue weighted by Gasteiger charge is -2.24. The van der Waals surface area contributed by atoms with Gasteiger partial charge in [-0.15, -0.1) is 0 Å². The largest absolute Gasteiger partial charge is 0.270 e. The predicted octanol–water partition coefficient (Wildman–Crippen LogP) is 2.18. The van der Waals surface area contributed by atoms with Crippen LogP contribution in [0.5, 0.6) is 0 Å². The van der Waals surface area contributed by atoms with Crippen molar-refractivity contribution in [2.24, 2.45) is 0 Å². The van der Waals surface area contributed by atoms with Gasteiger partial charge >= 0.3 is 0 Å². The van der Waals surface area contributed by atoms with Crippen molar-refractivity contribution in [2.75, 3.05) is 0 Å². The van der Waals surface area contributed by atoms with Gasteiger partial charge in [-0.05, 0) is 42.9 Å². The maximum Gasteiger partial charge on any atom is 0.270 e. The van der Waals surface area contributed by atoms with Crippen molar-refractivity contribution >= 4 is 21.7 Å². The van der Waals surface area contributed by atoms with Crippen LogP contribution >= 0.6 is 11.5 Å². The molecular formula is C10H10N2OS. The monoisotopic (exact) mass is 206 g/mol. The molecule has 0 aliphatic heterocycles. The van der Waals surface area contributed by atoms with E-state index in [1.807, 2.05) is 16.1 Å². The van der Waals surface area contributed by atoms with E-state index in [-0.39, 0.29) is 5.56 Å². The maximum atomic E-state index is 11.9. The van der Waals surface area contributed by atoms with Crippen molar-refractivity contribution in [1.82, 2.24) is 8.94 Å². The summed E-state index contributed by atoms with van der Waals surface area (Å²) < 4.78 is 1.89. The molecule has 0 atom stereocenters. The zero-order chi connectivity index (χ0) is 9.54. The van der Waals surface area contributed by atoms with Crippen LogP contribution in [0.2, 0.25) is 0 Å². The topological polar surface area (TPSA) is 34.9 Å². The van der Waals surface area contributed by atoms with Crippen molar-refractivity contribution in [3.8, 4) is 0 Å². The van der Waals surface area contributed by atoms with E-state index < -0.39 is 0 Å². The summed E-state index contributed by atoms with van der Waals surface area (Å²) in [5.41, 5.74) is 0.141. The van der Waals surface area contributed by atoms with E-state index in [1.54, 1.807) is 6.20 Å². The summed E-state index contributed by atoms with van der Waals surface area (Å²) in [6.45, 7) is 0. The number of pyridine rings is 1. The fourth-order valence-corrected chi connectivity index (χ4v) is 2.83. The van der Waals surface area contributed by atoms with Crippen LogP contribution in [-0.4, -0.2) is 8.94 Å². The Morgan fingerprint density at radius 1 is 1.50 bits per heavy atom. The van der Waals surface area contributed by atoms with Gasteiger partial charge in [0, 0.05) is 12.2 Å². The molecule has 2 aromatic heterocycles. The lowest BCUT2D eigenvalue weighted by atomic mass is 9.94. The molecule has 2 heterocycles. The molecule has 0 aromatic carbocycles. The Kier molecular flexibility index (Phi) is 1.70. The Bertz CT molecular complexity index is 524. The van der Waals surface area contributed by atoms with Crippen LogP contribution in [0.1, 0.15) is 25.3 Å². The highest BCUT2D eigenvalue weighted by atomic mass is 32.1. The Morgan fingerprint density at radius 3 is 3.00 bits per heavy atom. The highest BCUT2D eigenvalue weighted by Crippen LogP contribution is 2.32. The Morgan fingerprint density at radius 2 is 2.36 bits per heavy atom. The summed E-state index contributed by atoms with van der Waals surface area (Å²) in [5.74, 6) is 0. The molecular weight excluding hydrogens is 196 g/mol. The van der Waals surface area contributed by atoms with Crippen molar-refractivity contribution < 1.29 is 0 Å². The fourth-order valence-electron chi connectivity index (χ4n) is 1.74. The third-order valence-electron chi connectivity index (χ3n) is 2.79. The first-order valence-corrected chi connectivity index (χ1v) is 5.60. The second kappa shape index (κ2) is 2.92. The van der Waals surface area contributed by atoms with E-state index in [0.717, 1.165) is 23.1 Å². The van der Waals surface area contributed by atoms with Crippen LogP contribution in [0, 0.1) is 0 Å². The Labute approximate surface area is 85.2 Å². The molecule has 0 amide bonds. The minimum atomic E-state index is 0.141. The van der Waals surface area contributed by atoms with Gasteiger partial charge in [-0.2, -0.15) is 0 Å². The standard InChI is InChI=1S/C10H10N2OS/c13-10-8-5-2-6-11-9(8)14-12(10)7-3-1-4-7/h2,5-7H,1,3-4H2. The third kappa shape index (κ3) is 1.04. The molecule has 0 spiro atoms. The van der Waals surface area contributed by atoms with Crippen molar-refractivity contribution in [3.05, 3.63) is 28.7 Å². The lowest BCUT2D eigenvalue weighted by Crippen LogP contribution is -2.24. The molecule has 0 N–H and O–H groups in total. The van der Waals surface area contributed by atoms with Crippen LogP contribution in [0.3, 0.4) is 0 Å². The Balaban J connectivity index is 2.25. The minimum Gasteiger partial charge on any atom is -0.268 e. The number of fused-ring (bicyclic) bond motifs is 1. The van der Waals surface area contributed by atoms with Gasteiger partial charge in [0.15, 0.2) is 0 Å². The zero-order valence-electron chi connectivity index (χ0n) is 7.64. The minimum absolute atomic E-state index is 0.141. The summed E-state index contributed by atoms with van der Waals surface area (Å²) in [5, 5.41) is 0.768. The molecule has 3 rings (SSSR count). The first-order chi connectivity index (χ1) is 6.86. The SMILES string of the molecule is O=c1c2cccnc2sn1C1CCC1. The van der Waals surface area contributed by atoms with E-state index in [4.69, 9.17) is 0 Å². The summed E-state index contributed by atoms with van der Waals surface area (Å²) >= 11 is 1.50. The fraction of sp³-hybridized carbons (Fsp3) is 0.400. The molecule has 4 heteroatoms. The van der Waals surface area contributed by atoms with Gasteiger partial charge in [0.05, 0.1) is 5.39 Å². The van der Waals surface area contributed by atoms with E-state index in [2.05, 4.69) is 4.98 Å². The molecule has 0 bridgehead atoms. The molecule has 72 valence electrons. The maximum absolute atomic E-state index is 11.9. The quantitative estimate of drug-likeness (QED) is 0.716. The molecule has 1 fully saturated rings. The molecule has 1 saturated carbocycles. The summed E-state index contributed by atoms with van der Waals surface area (Å²) in [6.07, 6.45) is 5.28. The second-order valence-electron chi connectivity index (χ2n) is 3.66. The molecule has 0 radical (unpaired) electrons. The first-order valence-electron chi connectivity index (χ1n) is 4.83. The number of hydrogen-bond donors (Lipinski definition) is 0. The van der Waals surface area contributed by atoms with Gasteiger partial charge in [0.2, 0.25) is 0 Å².